The molecule has 0 aliphatic heterocycles. The number of halogens is 3. The maximum atomic E-state index is 12.8. The summed E-state index contributed by atoms with van der Waals surface area (Å²) in [7, 11) is -5.82. The van der Waals surface area contributed by atoms with Crippen molar-refractivity contribution in [2.24, 2.45) is 0 Å². The van der Waals surface area contributed by atoms with Gasteiger partial charge in [0, 0.05) is 19.4 Å². The van der Waals surface area contributed by atoms with E-state index in [0.717, 1.165) is 37.0 Å². The Morgan fingerprint density at radius 2 is 1.59 bits per heavy atom. The predicted octanol–water partition coefficient (Wildman–Crippen LogP) is 3.77. The van der Waals surface area contributed by atoms with E-state index in [4.69, 9.17) is 4.74 Å². The molecule has 0 bridgehead atoms. The topological polar surface area (TPSA) is 128 Å². The van der Waals surface area contributed by atoms with E-state index in [0.29, 0.717) is 12.1 Å². The summed E-state index contributed by atoms with van der Waals surface area (Å²) >= 11 is 0. The highest BCUT2D eigenvalue weighted by atomic mass is 32.2. The van der Waals surface area contributed by atoms with Crippen LogP contribution in [-0.4, -0.2) is 44.3 Å². The number of hydrogen-bond donors (Lipinski definition) is 2. The highest BCUT2D eigenvalue weighted by molar-refractivity contribution is 7.88. The SMILES string of the molecule is CCCCCNC(=O)[C@H](Cc1ccc(OS(=O)(=O)C(F)(F)F)cc1)NC(=O)CCC(=O)OCc1ccccc1. The Balaban J connectivity index is 1.98. The van der Waals surface area contributed by atoms with Crippen LogP contribution in [0.1, 0.15) is 50.2 Å². The first kappa shape index (κ1) is 31.6. The molecule has 2 rings (SSSR count). The Bertz CT molecular complexity index is 1190. The fraction of sp³-hybridized carbons (Fsp3) is 0.423. The van der Waals surface area contributed by atoms with Gasteiger partial charge in [-0.2, -0.15) is 21.6 Å². The lowest BCUT2D eigenvalue weighted by Crippen LogP contribution is -2.48. The zero-order chi connectivity index (χ0) is 28.9. The number of carbonyl (C=O) groups excluding carboxylic acids is 3. The van der Waals surface area contributed by atoms with E-state index in [1.165, 1.54) is 12.1 Å². The maximum Gasteiger partial charge on any atom is 0.534 e. The first-order valence-electron chi connectivity index (χ1n) is 12.3. The molecule has 0 unspecified atom stereocenters. The summed E-state index contributed by atoms with van der Waals surface area (Å²) in [6.07, 6.45) is 2.09. The van der Waals surface area contributed by atoms with Crippen LogP contribution in [0, 0.1) is 0 Å². The zero-order valence-electron chi connectivity index (χ0n) is 21.3. The summed E-state index contributed by atoms with van der Waals surface area (Å²) in [5.41, 5.74) is -4.36. The molecule has 0 aliphatic rings. The standard InChI is InChI=1S/C26H31F3N2O7S/c1-2-3-7-16-30-25(34)22(17-19-10-12-21(13-11-19)38-39(35,36)26(27,28)29)31-23(32)14-15-24(33)37-18-20-8-5-4-6-9-20/h4-6,8-13,22H,2-3,7,14-18H2,1H3,(H,30,34)(H,31,32)/t22-/m0/s1. The van der Waals surface area contributed by atoms with E-state index in [1.807, 2.05) is 13.0 Å². The number of unbranched alkanes of at least 4 members (excludes halogenated alkanes) is 2. The van der Waals surface area contributed by atoms with E-state index in [9.17, 15) is 36.0 Å². The van der Waals surface area contributed by atoms with Crippen molar-refractivity contribution < 1.29 is 44.9 Å². The third kappa shape index (κ3) is 11.3. The lowest BCUT2D eigenvalue weighted by atomic mass is 10.0. The summed E-state index contributed by atoms with van der Waals surface area (Å²) < 4.78 is 69.2. The molecule has 0 aliphatic carbocycles. The number of carbonyl (C=O) groups is 3. The van der Waals surface area contributed by atoms with Crippen LogP contribution in [0.15, 0.2) is 54.6 Å². The Labute approximate surface area is 225 Å². The second-order valence-corrected chi connectivity index (χ2v) is 10.1. The van der Waals surface area contributed by atoms with Gasteiger partial charge in [0.1, 0.15) is 18.4 Å². The summed E-state index contributed by atoms with van der Waals surface area (Å²) in [5.74, 6) is -2.20. The summed E-state index contributed by atoms with van der Waals surface area (Å²) in [6.45, 7) is 2.45. The van der Waals surface area contributed by atoms with E-state index in [1.54, 1.807) is 24.3 Å². The molecule has 39 heavy (non-hydrogen) atoms. The molecule has 2 aromatic carbocycles. The van der Waals surface area contributed by atoms with Gasteiger partial charge in [-0.15, -0.1) is 0 Å². The molecule has 0 aromatic heterocycles. The Morgan fingerprint density at radius 3 is 2.21 bits per heavy atom. The largest absolute Gasteiger partial charge is 0.534 e. The van der Waals surface area contributed by atoms with Crippen LogP contribution in [0.4, 0.5) is 13.2 Å². The van der Waals surface area contributed by atoms with E-state index in [2.05, 4.69) is 14.8 Å². The van der Waals surface area contributed by atoms with Crippen molar-refractivity contribution in [1.82, 2.24) is 10.6 Å². The van der Waals surface area contributed by atoms with E-state index in [-0.39, 0.29) is 25.9 Å². The summed E-state index contributed by atoms with van der Waals surface area (Å²) in [4.78, 5) is 37.3. The van der Waals surface area contributed by atoms with Crippen molar-refractivity contribution in [3.05, 3.63) is 65.7 Å². The molecule has 0 radical (unpaired) electrons. The van der Waals surface area contributed by atoms with Crippen molar-refractivity contribution in [3.8, 4) is 5.75 Å². The molecule has 2 aromatic rings. The first-order valence-corrected chi connectivity index (χ1v) is 13.7. The first-order chi connectivity index (χ1) is 18.4. The number of alkyl halides is 3. The molecule has 2 amide bonds. The minimum atomic E-state index is -5.82. The zero-order valence-corrected chi connectivity index (χ0v) is 22.1. The Kier molecular flexibility index (Phi) is 12.2. The molecule has 1 atom stereocenters. The highest BCUT2D eigenvalue weighted by Crippen LogP contribution is 2.27. The highest BCUT2D eigenvalue weighted by Gasteiger charge is 2.48. The quantitative estimate of drug-likeness (QED) is 0.144. The summed E-state index contributed by atoms with van der Waals surface area (Å²) in [5, 5.41) is 5.30. The molecule has 9 nitrogen and oxygen atoms in total. The van der Waals surface area contributed by atoms with Gasteiger partial charge in [-0.05, 0) is 29.7 Å². The fourth-order valence-electron chi connectivity index (χ4n) is 3.30. The van der Waals surface area contributed by atoms with Crippen molar-refractivity contribution in [2.45, 2.75) is 63.6 Å². The van der Waals surface area contributed by atoms with E-state index < -0.39 is 45.2 Å². The number of hydrogen-bond acceptors (Lipinski definition) is 7. The number of nitrogens with one attached hydrogen (secondary N) is 2. The van der Waals surface area contributed by atoms with Gasteiger partial charge in [-0.3, -0.25) is 14.4 Å². The second-order valence-electron chi connectivity index (χ2n) is 8.60. The maximum absolute atomic E-state index is 12.8. The monoisotopic (exact) mass is 572 g/mol. The van der Waals surface area contributed by atoms with Crippen LogP contribution in [0.2, 0.25) is 0 Å². The van der Waals surface area contributed by atoms with Crippen molar-refractivity contribution >= 4 is 27.9 Å². The van der Waals surface area contributed by atoms with Gasteiger partial charge < -0.3 is 19.6 Å². The van der Waals surface area contributed by atoms with Crippen LogP contribution in [0.5, 0.6) is 5.75 Å². The van der Waals surface area contributed by atoms with Crippen LogP contribution in [0.25, 0.3) is 0 Å². The number of esters is 1. The molecule has 0 spiro atoms. The minimum Gasteiger partial charge on any atom is -0.461 e. The van der Waals surface area contributed by atoms with Gasteiger partial charge in [0.15, 0.2) is 0 Å². The van der Waals surface area contributed by atoms with Crippen LogP contribution in [-0.2, 0) is 42.3 Å². The van der Waals surface area contributed by atoms with Crippen molar-refractivity contribution in [2.75, 3.05) is 6.54 Å². The van der Waals surface area contributed by atoms with Crippen molar-refractivity contribution in [1.29, 1.82) is 0 Å². The van der Waals surface area contributed by atoms with Gasteiger partial charge >= 0.3 is 21.6 Å². The molecule has 214 valence electrons. The average Bonchev–Trinajstić information content (AvgIpc) is 2.89. The molecular weight excluding hydrogens is 541 g/mol. The number of amides is 2. The number of benzene rings is 2. The smallest absolute Gasteiger partial charge is 0.461 e. The van der Waals surface area contributed by atoms with Crippen molar-refractivity contribution in [3.63, 3.8) is 0 Å². The normalized spacial score (nSPS) is 12.3. The minimum absolute atomic E-state index is 0.0455. The third-order valence-corrected chi connectivity index (χ3v) is 6.36. The molecule has 0 fully saturated rings. The molecule has 0 heterocycles. The van der Waals surface area contributed by atoms with Crippen LogP contribution < -0.4 is 14.8 Å². The molecule has 0 saturated carbocycles. The van der Waals surface area contributed by atoms with E-state index >= 15 is 0 Å². The average molecular weight is 573 g/mol. The van der Waals surface area contributed by atoms with Crippen LogP contribution >= 0.6 is 0 Å². The number of ether oxygens (including phenoxy) is 1. The fourth-order valence-corrected chi connectivity index (χ4v) is 3.76. The van der Waals surface area contributed by atoms with Gasteiger partial charge in [-0.25, -0.2) is 0 Å². The Hall–Kier alpha value is -3.61. The lowest BCUT2D eigenvalue weighted by Gasteiger charge is -2.19. The van der Waals surface area contributed by atoms with Gasteiger partial charge in [0.25, 0.3) is 0 Å². The van der Waals surface area contributed by atoms with Gasteiger partial charge in [0.2, 0.25) is 11.8 Å². The third-order valence-electron chi connectivity index (χ3n) is 5.38. The predicted molar refractivity (Wildman–Crippen MR) is 136 cm³/mol. The second kappa shape index (κ2) is 15.1. The van der Waals surface area contributed by atoms with Gasteiger partial charge in [0.05, 0.1) is 6.42 Å². The molecule has 0 saturated heterocycles. The van der Waals surface area contributed by atoms with Gasteiger partial charge in [-0.1, -0.05) is 62.2 Å². The lowest BCUT2D eigenvalue weighted by molar-refractivity contribution is -0.146. The molecular formula is C26H31F3N2O7S. The molecule has 2 N–H and O–H groups in total. The Morgan fingerprint density at radius 1 is 0.923 bits per heavy atom. The number of rotatable bonds is 15. The molecule has 13 heteroatoms. The van der Waals surface area contributed by atoms with Crippen LogP contribution in [0.3, 0.4) is 0 Å². The summed E-state index contributed by atoms with van der Waals surface area (Å²) in [6, 6.07) is 12.5.